The second kappa shape index (κ2) is 8.68. The molecule has 0 spiro atoms. The normalized spacial score (nSPS) is 14.9. The minimum atomic E-state index is -0.922. The number of rotatable bonds is 9. The van der Waals surface area contributed by atoms with Crippen LogP contribution in [-0.4, -0.2) is 23.2 Å². The highest BCUT2D eigenvalue weighted by molar-refractivity contribution is 5.72. The zero-order valence-corrected chi connectivity index (χ0v) is 9.61. The number of nitrogens with two attached hydrogens (primary N) is 2. The summed E-state index contributed by atoms with van der Waals surface area (Å²) in [6.45, 7) is 2.16. The van der Waals surface area contributed by atoms with Crippen LogP contribution in [0.15, 0.2) is 0 Å². The molecule has 2 atom stereocenters. The zero-order valence-electron chi connectivity index (χ0n) is 9.61. The van der Waals surface area contributed by atoms with Gasteiger partial charge in [-0.3, -0.25) is 4.79 Å². The maximum Gasteiger partial charge on any atom is 0.320 e. The Labute approximate surface area is 92.0 Å². The van der Waals surface area contributed by atoms with Gasteiger partial charge in [0.25, 0.3) is 0 Å². The molecule has 0 heterocycles. The Hall–Kier alpha value is -0.610. The lowest BCUT2D eigenvalue weighted by Gasteiger charge is -2.12. The molecule has 0 aromatic rings. The van der Waals surface area contributed by atoms with E-state index < -0.39 is 12.0 Å². The van der Waals surface area contributed by atoms with Crippen molar-refractivity contribution in [3.63, 3.8) is 0 Å². The number of carboxylic acids is 1. The van der Waals surface area contributed by atoms with Gasteiger partial charge >= 0.3 is 5.97 Å². The Morgan fingerprint density at radius 1 is 1.13 bits per heavy atom. The van der Waals surface area contributed by atoms with Crippen LogP contribution in [0.1, 0.15) is 51.9 Å². The summed E-state index contributed by atoms with van der Waals surface area (Å²) in [6.07, 6.45) is 6.85. The average Bonchev–Trinajstić information content (AvgIpc) is 2.18. The molecule has 15 heavy (non-hydrogen) atoms. The topological polar surface area (TPSA) is 89.3 Å². The van der Waals surface area contributed by atoms with Crippen molar-refractivity contribution in [1.29, 1.82) is 0 Å². The summed E-state index contributed by atoms with van der Waals surface area (Å²) in [5, 5.41) is 8.56. The van der Waals surface area contributed by atoms with E-state index in [0.717, 1.165) is 19.3 Å². The smallest absolute Gasteiger partial charge is 0.320 e. The number of aliphatic carboxylic acids is 1. The molecule has 0 aromatic heterocycles. The highest BCUT2D eigenvalue weighted by Gasteiger charge is 2.11. The largest absolute Gasteiger partial charge is 0.480 e. The third-order valence-electron chi connectivity index (χ3n) is 2.59. The minimum Gasteiger partial charge on any atom is -0.480 e. The molecule has 0 aliphatic heterocycles. The van der Waals surface area contributed by atoms with Crippen LogP contribution in [0.25, 0.3) is 0 Å². The number of carbonyl (C=O) groups is 1. The third-order valence-corrected chi connectivity index (χ3v) is 2.59. The van der Waals surface area contributed by atoms with E-state index in [0.29, 0.717) is 6.42 Å². The van der Waals surface area contributed by atoms with Gasteiger partial charge in [-0.1, -0.05) is 26.2 Å². The molecule has 0 amide bonds. The first-order valence-corrected chi connectivity index (χ1v) is 5.81. The highest BCUT2D eigenvalue weighted by atomic mass is 16.4. The van der Waals surface area contributed by atoms with Gasteiger partial charge in [0.15, 0.2) is 0 Å². The number of hydrogen-bond acceptors (Lipinski definition) is 3. The first kappa shape index (κ1) is 14.4. The second-order valence-corrected chi connectivity index (χ2v) is 4.13. The lowest BCUT2D eigenvalue weighted by atomic mass is 10.0. The molecule has 1 unspecified atom stereocenters. The van der Waals surface area contributed by atoms with E-state index in [1.165, 1.54) is 19.3 Å². The third kappa shape index (κ3) is 8.39. The molecule has 4 heteroatoms. The summed E-state index contributed by atoms with van der Waals surface area (Å²) >= 11 is 0. The van der Waals surface area contributed by atoms with Crippen molar-refractivity contribution in [2.24, 2.45) is 11.5 Å². The van der Waals surface area contributed by atoms with Gasteiger partial charge in [-0.25, -0.2) is 0 Å². The number of unbranched alkanes of at least 4 members (excludes halogenated alkanes) is 2. The van der Waals surface area contributed by atoms with Crippen molar-refractivity contribution in [2.45, 2.75) is 64.0 Å². The maximum atomic E-state index is 10.4. The first-order chi connectivity index (χ1) is 7.07. The monoisotopic (exact) mass is 216 g/mol. The van der Waals surface area contributed by atoms with E-state index in [1.54, 1.807) is 0 Å². The van der Waals surface area contributed by atoms with Crippen molar-refractivity contribution in [2.75, 3.05) is 0 Å². The summed E-state index contributed by atoms with van der Waals surface area (Å²) in [7, 11) is 0. The van der Waals surface area contributed by atoms with Gasteiger partial charge in [0.05, 0.1) is 0 Å². The fourth-order valence-electron chi connectivity index (χ4n) is 1.52. The molecule has 0 bridgehead atoms. The van der Waals surface area contributed by atoms with Gasteiger partial charge in [0.1, 0.15) is 6.04 Å². The minimum absolute atomic E-state index is 0.206. The molecule has 0 aliphatic carbocycles. The molecule has 0 aromatic carbocycles. The van der Waals surface area contributed by atoms with E-state index in [2.05, 4.69) is 6.92 Å². The van der Waals surface area contributed by atoms with Crippen LogP contribution in [0.4, 0.5) is 0 Å². The van der Waals surface area contributed by atoms with Crippen molar-refractivity contribution in [3.8, 4) is 0 Å². The Morgan fingerprint density at radius 2 is 1.73 bits per heavy atom. The Balaban J connectivity index is 3.38. The van der Waals surface area contributed by atoms with Crippen molar-refractivity contribution in [3.05, 3.63) is 0 Å². The van der Waals surface area contributed by atoms with E-state index >= 15 is 0 Å². The van der Waals surface area contributed by atoms with Gasteiger partial charge in [0, 0.05) is 6.04 Å². The Kier molecular flexibility index (Phi) is 8.33. The molecule has 90 valence electrons. The van der Waals surface area contributed by atoms with Crippen LogP contribution in [0.5, 0.6) is 0 Å². The zero-order chi connectivity index (χ0) is 11.7. The fraction of sp³-hybridized carbons (Fsp3) is 0.909. The predicted molar refractivity (Wildman–Crippen MR) is 61.6 cm³/mol. The summed E-state index contributed by atoms with van der Waals surface area (Å²) in [6, 6.07) is -0.523. The average molecular weight is 216 g/mol. The van der Waals surface area contributed by atoms with Gasteiger partial charge in [-0.2, -0.15) is 0 Å². The van der Waals surface area contributed by atoms with Gasteiger partial charge in [-0.05, 0) is 25.7 Å². The standard InChI is InChI=1S/C11H24N2O2/c1-2-3-4-6-9(12)7-5-8-10(13)11(14)15/h9-10H,2-8,12-13H2,1H3,(H,14,15)/t9?,10-/m0/s1. The van der Waals surface area contributed by atoms with Gasteiger partial charge in [-0.15, -0.1) is 0 Å². The summed E-state index contributed by atoms with van der Waals surface area (Å²) < 4.78 is 0. The first-order valence-electron chi connectivity index (χ1n) is 5.81. The van der Waals surface area contributed by atoms with Crippen LogP contribution in [0.3, 0.4) is 0 Å². The lowest BCUT2D eigenvalue weighted by molar-refractivity contribution is -0.138. The molecule has 0 fully saturated rings. The summed E-state index contributed by atoms with van der Waals surface area (Å²) in [5.74, 6) is -0.922. The number of carboxylic acid groups (broad SMARTS) is 1. The molecule has 0 rings (SSSR count). The Bertz CT molecular complexity index is 174. The molecule has 0 saturated carbocycles. The van der Waals surface area contributed by atoms with Crippen LogP contribution in [0.2, 0.25) is 0 Å². The van der Waals surface area contributed by atoms with E-state index in [1.807, 2.05) is 0 Å². The lowest BCUT2D eigenvalue weighted by Crippen LogP contribution is -2.30. The second-order valence-electron chi connectivity index (χ2n) is 4.13. The SMILES string of the molecule is CCCCCC(N)CCC[C@H](N)C(=O)O. The van der Waals surface area contributed by atoms with E-state index in [9.17, 15) is 4.79 Å². The van der Waals surface area contributed by atoms with Crippen LogP contribution < -0.4 is 11.5 Å². The highest BCUT2D eigenvalue weighted by Crippen LogP contribution is 2.08. The summed E-state index contributed by atoms with van der Waals surface area (Å²) in [5.41, 5.74) is 11.3. The van der Waals surface area contributed by atoms with Crippen molar-refractivity contribution < 1.29 is 9.90 Å². The molecule has 4 nitrogen and oxygen atoms in total. The Morgan fingerprint density at radius 3 is 2.27 bits per heavy atom. The molecule has 0 saturated heterocycles. The summed E-state index contributed by atoms with van der Waals surface area (Å²) in [4.78, 5) is 10.4. The molecular formula is C11H24N2O2. The van der Waals surface area contributed by atoms with E-state index in [-0.39, 0.29) is 6.04 Å². The van der Waals surface area contributed by atoms with Crippen LogP contribution in [-0.2, 0) is 4.79 Å². The molecular weight excluding hydrogens is 192 g/mol. The van der Waals surface area contributed by atoms with Gasteiger partial charge < -0.3 is 16.6 Å². The molecule has 0 radical (unpaired) electrons. The van der Waals surface area contributed by atoms with Crippen molar-refractivity contribution in [1.82, 2.24) is 0 Å². The molecule has 0 aliphatic rings. The van der Waals surface area contributed by atoms with Crippen molar-refractivity contribution >= 4 is 5.97 Å². The van der Waals surface area contributed by atoms with E-state index in [4.69, 9.17) is 16.6 Å². The van der Waals surface area contributed by atoms with Gasteiger partial charge in [0.2, 0.25) is 0 Å². The molecule has 5 N–H and O–H groups in total. The predicted octanol–water partition coefficient (Wildman–Crippen LogP) is 1.48. The van der Waals surface area contributed by atoms with Crippen LogP contribution in [0, 0.1) is 0 Å². The maximum absolute atomic E-state index is 10.4. The fourth-order valence-corrected chi connectivity index (χ4v) is 1.52. The number of hydrogen-bond donors (Lipinski definition) is 3. The van der Waals surface area contributed by atoms with Crippen LogP contribution >= 0.6 is 0 Å². The quantitative estimate of drug-likeness (QED) is 0.509.